The van der Waals surface area contributed by atoms with Crippen molar-refractivity contribution in [3.05, 3.63) is 42.1 Å². The van der Waals surface area contributed by atoms with E-state index >= 15 is 0 Å². The molecule has 23 heavy (non-hydrogen) atoms. The fourth-order valence-corrected chi connectivity index (χ4v) is 2.80. The number of aromatic nitrogens is 1. The molecular formula is C18H20N2O3. The van der Waals surface area contributed by atoms with E-state index in [0.29, 0.717) is 19.4 Å². The average Bonchev–Trinajstić information content (AvgIpc) is 2.98. The predicted molar refractivity (Wildman–Crippen MR) is 86.5 cm³/mol. The minimum atomic E-state index is -0.640. The molecule has 0 bridgehead atoms. The smallest absolute Gasteiger partial charge is 0.306 e. The number of benzene rings is 1. The lowest BCUT2D eigenvalue weighted by molar-refractivity contribution is -0.154. The Morgan fingerprint density at radius 3 is 2.87 bits per heavy atom. The highest BCUT2D eigenvalue weighted by Crippen LogP contribution is 2.20. The summed E-state index contributed by atoms with van der Waals surface area (Å²) >= 11 is 0. The summed E-state index contributed by atoms with van der Waals surface area (Å²) in [6, 6.07) is 9.96. The third kappa shape index (κ3) is 3.33. The number of hydrogen-bond acceptors (Lipinski definition) is 4. The minimum absolute atomic E-state index is 0.0215. The number of carbonyl (C=O) groups is 2. The van der Waals surface area contributed by atoms with Gasteiger partial charge in [-0.25, -0.2) is 0 Å². The maximum Gasteiger partial charge on any atom is 0.306 e. The Hall–Kier alpha value is -2.43. The second-order valence-corrected chi connectivity index (χ2v) is 6.11. The van der Waals surface area contributed by atoms with Gasteiger partial charge in [-0.2, -0.15) is 0 Å². The first-order chi connectivity index (χ1) is 11.0. The Morgan fingerprint density at radius 1 is 1.39 bits per heavy atom. The van der Waals surface area contributed by atoms with Gasteiger partial charge in [0.2, 0.25) is 0 Å². The second kappa shape index (κ2) is 6.36. The largest absolute Gasteiger partial charge is 0.452 e. The lowest BCUT2D eigenvalue weighted by atomic mass is 10.1. The molecule has 1 saturated heterocycles. The van der Waals surface area contributed by atoms with Crippen LogP contribution < -0.4 is 0 Å². The number of carbonyl (C=O) groups excluding carboxylic acids is 2. The first kappa shape index (κ1) is 15.5. The van der Waals surface area contributed by atoms with E-state index < -0.39 is 6.10 Å². The van der Waals surface area contributed by atoms with Crippen molar-refractivity contribution in [2.45, 2.75) is 45.4 Å². The zero-order valence-corrected chi connectivity index (χ0v) is 13.4. The van der Waals surface area contributed by atoms with Crippen molar-refractivity contribution in [2.24, 2.45) is 0 Å². The molecule has 0 radical (unpaired) electrons. The topological polar surface area (TPSA) is 59.5 Å². The van der Waals surface area contributed by atoms with Gasteiger partial charge in [-0.15, -0.1) is 0 Å². The van der Waals surface area contributed by atoms with Crippen LogP contribution in [0.5, 0.6) is 0 Å². The summed E-state index contributed by atoms with van der Waals surface area (Å²) in [6.07, 6.45) is 1.95. The third-order valence-corrected chi connectivity index (χ3v) is 4.07. The van der Waals surface area contributed by atoms with Gasteiger partial charge in [0.25, 0.3) is 5.91 Å². The SMILES string of the molecule is CC(C)N(Cc1cnc2ccccc2c1)C(=O)[C@H]1CCC(=O)O1. The molecule has 1 aromatic carbocycles. The van der Waals surface area contributed by atoms with Crippen LogP contribution in [0.3, 0.4) is 0 Å². The number of rotatable bonds is 4. The van der Waals surface area contributed by atoms with E-state index in [0.717, 1.165) is 16.5 Å². The molecule has 5 nitrogen and oxygen atoms in total. The van der Waals surface area contributed by atoms with Crippen molar-refractivity contribution in [2.75, 3.05) is 0 Å². The highest BCUT2D eigenvalue weighted by atomic mass is 16.6. The van der Waals surface area contributed by atoms with E-state index in [-0.39, 0.29) is 17.9 Å². The van der Waals surface area contributed by atoms with E-state index in [4.69, 9.17) is 4.74 Å². The van der Waals surface area contributed by atoms with Crippen LogP contribution in [0.1, 0.15) is 32.3 Å². The third-order valence-electron chi connectivity index (χ3n) is 4.07. The van der Waals surface area contributed by atoms with Crippen LogP contribution in [0.2, 0.25) is 0 Å². The van der Waals surface area contributed by atoms with Gasteiger partial charge in [0.15, 0.2) is 6.10 Å². The molecule has 1 aliphatic heterocycles. The van der Waals surface area contributed by atoms with E-state index in [1.165, 1.54) is 0 Å². The molecule has 0 spiro atoms. The van der Waals surface area contributed by atoms with Crippen LogP contribution >= 0.6 is 0 Å². The van der Waals surface area contributed by atoms with Gasteiger partial charge in [0, 0.05) is 37.0 Å². The first-order valence-corrected chi connectivity index (χ1v) is 7.88. The van der Waals surface area contributed by atoms with Crippen molar-refractivity contribution in [3.8, 4) is 0 Å². The zero-order valence-electron chi connectivity index (χ0n) is 13.4. The molecule has 3 rings (SSSR count). The van der Waals surface area contributed by atoms with E-state index in [9.17, 15) is 9.59 Å². The van der Waals surface area contributed by atoms with Crippen molar-refractivity contribution in [3.63, 3.8) is 0 Å². The maximum atomic E-state index is 12.6. The lowest BCUT2D eigenvalue weighted by Crippen LogP contribution is -2.42. The van der Waals surface area contributed by atoms with Crippen LogP contribution in [-0.4, -0.2) is 33.9 Å². The Labute approximate surface area is 135 Å². The summed E-state index contributed by atoms with van der Waals surface area (Å²) in [7, 11) is 0. The average molecular weight is 312 g/mol. The molecule has 120 valence electrons. The number of nitrogens with zero attached hydrogens (tertiary/aromatic N) is 2. The Kier molecular flexibility index (Phi) is 4.28. The van der Waals surface area contributed by atoms with Gasteiger partial charge < -0.3 is 9.64 Å². The molecule has 1 fully saturated rings. The normalized spacial score (nSPS) is 17.5. The van der Waals surface area contributed by atoms with Crippen molar-refractivity contribution in [1.82, 2.24) is 9.88 Å². The molecule has 5 heteroatoms. The van der Waals surface area contributed by atoms with Gasteiger partial charge in [0.1, 0.15) is 0 Å². The number of pyridine rings is 1. The molecule has 1 atom stereocenters. The summed E-state index contributed by atoms with van der Waals surface area (Å²) in [5.41, 5.74) is 1.90. The predicted octanol–water partition coefficient (Wildman–Crippen LogP) is 2.68. The summed E-state index contributed by atoms with van der Waals surface area (Å²) in [4.78, 5) is 30.1. The summed E-state index contributed by atoms with van der Waals surface area (Å²) in [6.45, 7) is 4.38. The standard InChI is InChI=1S/C18H20N2O3/c1-12(2)20(18(22)16-7-8-17(21)23-16)11-13-9-14-5-3-4-6-15(14)19-10-13/h3-6,9-10,12,16H,7-8,11H2,1-2H3/t16-/m1/s1. The highest BCUT2D eigenvalue weighted by Gasteiger charge is 2.34. The van der Waals surface area contributed by atoms with Gasteiger partial charge in [-0.3, -0.25) is 14.6 Å². The van der Waals surface area contributed by atoms with Crippen LogP contribution in [0.4, 0.5) is 0 Å². The van der Waals surface area contributed by atoms with E-state index in [1.807, 2.05) is 44.2 Å². The van der Waals surface area contributed by atoms with E-state index in [2.05, 4.69) is 4.98 Å². The van der Waals surface area contributed by atoms with Crippen LogP contribution in [-0.2, 0) is 20.9 Å². The van der Waals surface area contributed by atoms with Crippen molar-refractivity contribution in [1.29, 1.82) is 0 Å². The van der Waals surface area contributed by atoms with Crippen LogP contribution in [0.25, 0.3) is 10.9 Å². The number of fused-ring (bicyclic) bond motifs is 1. The van der Waals surface area contributed by atoms with Crippen molar-refractivity contribution < 1.29 is 14.3 Å². The first-order valence-electron chi connectivity index (χ1n) is 7.88. The monoisotopic (exact) mass is 312 g/mol. The highest BCUT2D eigenvalue weighted by molar-refractivity contribution is 5.87. The van der Waals surface area contributed by atoms with Crippen LogP contribution in [0, 0.1) is 0 Å². The molecule has 0 aliphatic carbocycles. The number of hydrogen-bond donors (Lipinski definition) is 0. The molecular weight excluding hydrogens is 292 g/mol. The maximum absolute atomic E-state index is 12.6. The number of amides is 1. The summed E-state index contributed by atoms with van der Waals surface area (Å²) in [5, 5.41) is 1.05. The number of ether oxygens (including phenoxy) is 1. The molecule has 1 aliphatic rings. The molecule has 2 heterocycles. The van der Waals surface area contributed by atoms with Gasteiger partial charge in [0.05, 0.1) is 5.52 Å². The number of para-hydroxylation sites is 1. The fourth-order valence-electron chi connectivity index (χ4n) is 2.80. The molecule has 1 amide bonds. The molecule has 0 saturated carbocycles. The quantitative estimate of drug-likeness (QED) is 0.814. The second-order valence-electron chi connectivity index (χ2n) is 6.11. The van der Waals surface area contributed by atoms with Gasteiger partial charge >= 0.3 is 5.97 Å². The Balaban J connectivity index is 1.80. The molecule has 2 aromatic rings. The molecule has 0 unspecified atom stereocenters. The van der Waals surface area contributed by atoms with Crippen LogP contribution in [0.15, 0.2) is 36.5 Å². The number of esters is 1. The summed E-state index contributed by atoms with van der Waals surface area (Å²) < 4.78 is 5.12. The zero-order chi connectivity index (χ0) is 16.4. The molecule has 1 aromatic heterocycles. The summed E-state index contributed by atoms with van der Waals surface area (Å²) in [5.74, 6) is -0.418. The van der Waals surface area contributed by atoms with Crippen molar-refractivity contribution >= 4 is 22.8 Å². The minimum Gasteiger partial charge on any atom is -0.452 e. The van der Waals surface area contributed by atoms with Gasteiger partial charge in [-0.1, -0.05) is 18.2 Å². The van der Waals surface area contributed by atoms with E-state index in [1.54, 1.807) is 11.1 Å². The fraction of sp³-hybridized carbons (Fsp3) is 0.389. The molecule has 0 N–H and O–H groups in total. The lowest BCUT2D eigenvalue weighted by Gasteiger charge is -2.28. The number of cyclic esters (lactones) is 1. The van der Waals surface area contributed by atoms with Gasteiger partial charge in [-0.05, 0) is 31.5 Å². The Bertz CT molecular complexity index is 742. The Morgan fingerprint density at radius 2 is 2.17 bits per heavy atom.